The zero-order valence-corrected chi connectivity index (χ0v) is 16.4. The van der Waals surface area contributed by atoms with Gasteiger partial charge in [0.1, 0.15) is 16.3 Å². The normalized spacial score (nSPS) is 11.0. The molecule has 10 heteroatoms. The molecule has 0 spiro atoms. The van der Waals surface area contributed by atoms with Crippen LogP contribution in [-0.2, 0) is 4.74 Å². The van der Waals surface area contributed by atoms with Crippen LogP contribution in [0.1, 0.15) is 20.0 Å². The Labute approximate surface area is 171 Å². The Hall–Kier alpha value is -3.37. The molecule has 0 saturated heterocycles. The first kappa shape index (κ1) is 19.0. The van der Waals surface area contributed by atoms with Crippen LogP contribution in [0.3, 0.4) is 0 Å². The predicted octanol–water partition coefficient (Wildman–Crippen LogP) is 3.75. The number of rotatable bonds is 3. The molecule has 2 heterocycles. The van der Waals surface area contributed by atoms with E-state index in [4.69, 9.17) is 17.0 Å². The Kier molecular flexibility index (Phi) is 4.73. The van der Waals surface area contributed by atoms with Crippen LogP contribution < -0.4 is 10.9 Å². The minimum Gasteiger partial charge on any atom is -0.465 e. The number of aromatic nitrogens is 2. The molecule has 0 fully saturated rings. The van der Waals surface area contributed by atoms with E-state index in [0.29, 0.717) is 20.5 Å². The number of halogens is 1. The number of aromatic amines is 1. The van der Waals surface area contributed by atoms with E-state index in [9.17, 15) is 18.8 Å². The molecule has 7 nitrogen and oxygen atoms in total. The molecular weight excluding hydrogens is 417 g/mol. The standard InChI is InChI=1S/C19H12FN3O4S2/c1-27-18(26)9-2-7-12-13(8-9)23-15(22-16(12)24)14(29-19(23)28)17(25)21-11-5-3-10(20)4-6-11/h2-8H,1H3,(H,21,25)(H,22,24). The van der Waals surface area contributed by atoms with E-state index in [1.807, 2.05) is 0 Å². The molecule has 2 aromatic heterocycles. The first-order valence-electron chi connectivity index (χ1n) is 8.26. The Balaban J connectivity index is 1.89. The number of H-pyrrole nitrogens is 1. The third-order valence-corrected chi connectivity index (χ3v) is 5.63. The molecule has 29 heavy (non-hydrogen) atoms. The van der Waals surface area contributed by atoms with Gasteiger partial charge in [0.15, 0.2) is 3.95 Å². The summed E-state index contributed by atoms with van der Waals surface area (Å²) >= 11 is 6.40. The Morgan fingerprint density at radius 3 is 2.62 bits per heavy atom. The molecule has 0 unspecified atom stereocenters. The van der Waals surface area contributed by atoms with Crippen LogP contribution in [0.5, 0.6) is 0 Å². The zero-order valence-electron chi connectivity index (χ0n) is 14.8. The molecule has 2 aromatic carbocycles. The van der Waals surface area contributed by atoms with Crippen LogP contribution >= 0.6 is 23.6 Å². The Morgan fingerprint density at radius 2 is 1.93 bits per heavy atom. The highest BCUT2D eigenvalue weighted by atomic mass is 32.1. The molecule has 1 amide bonds. The number of thiazole rings is 1. The van der Waals surface area contributed by atoms with E-state index in [2.05, 4.69) is 10.3 Å². The van der Waals surface area contributed by atoms with Crippen molar-refractivity contribution in [2.24, 2.45) is 0 Å². The number of nitrogens with one attached hydrogen (secondary N) is 2. The van der Waals surface area contributed by atoms with Crippen molar-refractivity contribution in [2.45, 2.75) is 0 Å². The SMILES string of the molecule is COC(=O)c1ccc2c(=O)[nH]c3c(C(=O)Nc4ccc(F)cc4)sc(=S)n3c2c1. The van der Waals surface area contributed by atoms with Crippen LogP contribution in [0, 0.1) is 9.77 Å². The number of amides is 1. The van der Waals surface area contributed by atoms with Crippen molar-refractivity contribution >= 4 is 57.7 Å². The number of carbonyl (C=O) groups excluding carboxylic acids is 2. The topological polar surface area (TPSA) is 92.7 Å². The Morgan fingerprint density at radius 1 is 1.21 bits per heavy atom. The molecule has 0 bridgehead atoms. The van der Waals surface area contributed by atoms with Gasteiger partial charge in [-0.15, -0.1) is 0 Å². The number of carbonyl (C=O) groups is 2. The van der Waals surface area contributed by atoms with Gasteiger partial charge in [0.25, 0.3) is 11.5 Å². The fraction of sp³-hybridized carbons (Fsp3) is 0.0526. The molecule has 4 aromatic rings. The third-order valence-electron chi connectivity index (χ3n) is 4.26. The molecule has 0 saturated carbocycles. The van der Waals surface area contributed by atoms with Crippen LogP contribution in [-0.4, -0.2) is 28.4 Å². The van der Waals surface area contributed by atoms with Crippen molar-refractivity contribution < 1.29 is 18.7 Å². The average Bonchev–Trinajstić information content (AvgIpc) is 3.05. The average molecular weight is 429 g/mol. The number of anilines is 1. The van der Waals surface area contributed by atoms with Crippen LogP contribution in [0.4, 0.5) is 10.1 Å². The molecule has 0 aliphatic rings. The van der Waals surface area contributed by atoms with Gasteiger partial charge in [0.2, 0.25) is 0 Å². The number of hydrogen-bond acceptors (Lipinski definition) is 6. The van der Waals surface area contributed by atoms with Crippen LogP contribution in [0.15, 0.2) is 47.3 Å². The van der Waals surface area contributed by atoms with E-state index in [0.717, 1.165) is 11.3 Å². The maximum Gasteiger partial charge on any atom is 0.337 e. The lowest BCUT2D eigenvalue weighted by Gasteiger charge is -2.06. The van der Waals surface area contributed by atoms with Crippen LogP contribution in [0.2, 0.25) is 0 Å². The molecule has 2 N–H and O–H groups in total. The molecule has 0 aliphatic heterocycles. The van der Waals surface area contributed by atoms with E-state index in [1.54, 1.807) is 0 Å². The second kappa shape index (κ2) is 7.22. The molecule has 4 rings (SSSR count). The monoisotopic (exact) mass is 429 g/mol. The Bertz CT molecular complexity index is 1400. The fourth-order valence-electron chi connectivity index (χ4n) is 2.91. The molecule has 146 valence electrons. The number of hydrogen-bond donors (Lipinski definition) is 2. The zero-order chi connectivity index (χ0) is 20.7. The van der Waals surface area contributed by atoms with Gasteiger partial charge in [-0.2, -0.15) is 0 Å². The molecule has 0 aliphatic carbocycles. The van der Waals surface area contributed by atoms with Crippen molar-refractivity contribution in [3.63, 3.8) is 0 Å². The second-order valence-corrected chi connectivity index (χ2v) is 7.66. The number of nitrogens with zero attached hydrogens (tertiary/aromatic N) is 1. The van der Waals surface area contributed by atoms with Gasteiger partial charge >= 0.3 is 5.97 Å². The summed E-state index contributed by atoms with van der Waals surface area (Å²) in [6.45, 7) is 0. The quantitative estimate of drug-likeness (QED) is 0.382. The van der Waals surface area contributed by atoms with E-state index in [1.165, 1.54) is 54.0 Å². The maximum atomic E-state index is 13.1. The minimum absolute atomic E-state index is 0.182. The minimum atomic E-state index is -0.559. The van der Waals surface area contributed by atoms with Gasteiger partial charge in [-0.05, 0) is 54.7 Å². The molecule has 0 radical (unpaired) electrons. The largest absolute Gasteiger partial charge is 0.465 e. The predicted molar refractivity (Wildman–Crippen MR) is 110 cm³/mol. The van der Waals surface area contributed by atoms with Crippen molar-refractivity contribution in [3.8, 4) is 0 Å². The lowest BCUT2D eigenvalue weighted by Crippen LogP contribution is -2.15. The lowest BCUT2D eigenvalue weighted by atomic mass is 10.1. The number of benzene rings is 2. The third kappa shape index (κ3) is 3.32. The van der Waals surface area contributed by atoms with Crippen molar-refractivity contribution in [1.29, 1.82) is 0 Å². The number of ether oxygens (including phenoxy) is 1. The van der Waals surface area contributed by atoms with Crippen LogP contribution in [0.25, 0.3) is 16.6 Å². The van der Waals surface area contributed by atoms with Crippen molar-refractivity contribution in [2.75, 3.05) is 12.4 Å². The highest BCUT2D eigenvalue weighted by molar-refractivity contribution is 7.73. The highest BCUT2D eigenvalue weighted by Crippen LogP contribution is 2.24. The summed E-state index contributed by atoms with van der Waals surface area (Å²) in [4.78, 5) is 40.0. The van der Waals surface area contributed by atoms with E-state index >= 15 is 0 Å². The summed E-state index contributed by atoms with van der Waals surface area (Å²) in [5.74, 6) is -1.49. The van der Waals surface area contributed by atoms with Gasteiger partial charge < -0.3 is 15.0 Å². The van der Waals surface area contributed by atoms with Crippen molar-refractivity contribution in [3.05, 3.63) is 73.0 Å². The summed E-state index contributed by atoms with van der Waals surface area (Å²) in [6.07, 6.45) is 0. The summed E-state index contributed by atoms with van der Waals surface area (Å²) in [5.41, 5.74) is 0.801. The first-order chi connectivity index (χ1) is 13.9. The molecule has 0 atom stereocenters. The van der Waals surface area contributed by atoms with Gasteiger partial charge in [0.05, 0.1) is 23.6 Å². The number of fused-ring (bicyclic) bond motifs is 3. The lowest BCUT2D eigenvalue weighted by molar-refractivity contribution is 0.0600. The van der Waals surface area contributed by atoms with Crippen molar-refractivity contribution in [1.82, 2.24) is 9.38 Å². The molecular formula is C19H12FN3O4S2. The maximum absolute atomic E-state index is 13.1. The van der Waals surface area contributed by atoms with E-state index < -0.39 is 23.3 Å². The summed E-state index contributed by atoms with van der Waals surface area (Å²) in [6, 6.07) is 9.76. The highest BCUT2D eigenvalue weighted by Gasteiger charge is 2.19. The fourth-order valence-corrected chi connectivity index (χ4v) is 4.19. The first-order valence-corrected chi connectivity index (χ1v) is 9.48. The van der Waals surface area contributed by atoms with Gasteiger partial charge in [-0.1, -0.05) is 11.3 Å². The summed E-state index contributed by atoms with van der Waals surface area (Å²) < 4.78 is 19.6. The number of methoxy groups -OCH3 is 1. The summed E-state index contributed by atoms with van der Waals surface area (Å²) in [5, 5.41) is 2.96. The van der Waals surface area contributed by atoms with Gasteiger partial charge in [-0.25, -0.2) is 9.18 Å². The van der Waals surface area contributed by atoms with E-state index in [-0.39, 0.29) is 16.1 Å². The number of esters is 1. The summed E-state index contributed by atoms with van der Waals surface area (Å²) in [7, 11) is 1.26. The second-order valence-electron chi connectivity index (χ2n) is 6.02. The van der Waals surface area contributed by atoms with Gasteiger partial charge in [0, 0.05) is 5.69 Å². The van der Waals surface area contributed by atoms with Gasteiger partial charge in [-0.3, -0.25) is 14.0 Å². The smallest absolute Gasteiger partial charge is 0.337 e.